The highest BCUT2D eigenvalue weighted by Gasteiger charge is 2.42. The number of nitrogens with two attached hydrogens (primary N) is 1. The van der Waals surface area contributed by atoms with Crippen LogP contribution in [-0.4, -0.2) is 33.2 Å². The van der Waals surface area contributed by atoms with Gasteiger partial charge in [0.05, 0.1) is 17.0 Å². The monoisotopic (exact) mass is 318 g/mol. The van der Waals surface area contributed by atoms with Gasteiger partial charge in [0.1, 0.15) is 0 Å². The van der Waals surface area contributed by atoms with Crippen molar-refractivity contribution in [2.45, 2.75) is 43.4 Å². The summed E-state index contributed by atoms with van der Waals surface area (Å²) in [5.41, 5.74) is 6.51. The number of halogens is 1. The maximum atomic E-state index is 12.4. The van der Waals surface area contributed by atoms with Crippen LogP contribution in [0.25, 0.3) is 0 Å². The smallest absolute Gasteiger partial charge is 0.241 e. The second-order valence-corrected chi connectivity index (χ2v) is 7.07. The first-order valence-electron chi connectivity index (χ1n) is 6.51. The third-order valence-corrected chi connectivity index (χ3v) is 5.31. The number of benzene rings is 1. The van der Waals surface area contributed by atoms with E-state index < -0.39 is 16.1 Å². The van der Waals surface area contributed by atoms with E-state index in [2.05, 4.69) is 4.72 Å². The van der Waals surface area contributed by atoms with Crippen LogP contribution in [-0.2, 0) is 14.8 Å². The third kappa shape index (κ3) is 3.15. The van der Waals surface area contributed by atoms with Gasteiger partial charge in [-0.1, -0.05) is 17.7 Å². The molecule has 5 nitrogen and oxygen atoms in total. The summed E-state index contributed by atoms with van der Waals surface area (Å²) >= 11 is 5.87. The topological polar surface area (TPSA) is 81.4 Å². The second kappa shape index (κ2) is 5.99. The Morgan fingerprint density at radius 2 is 2.20 bits per heavy atom. The van der Waals surface area contributed by atoms with Crippen LogP contribution in [0.3, 0.4) is 0 Å². The van der Waals surface area contributed by atoms with Crippen molar-refractivity contribution >= 4 is 21.6 Å². The SMILES string of the molecule is CCOC1CC(N)C1NS(=O)(=O)c1cc(Cl)ccc1C. The molecule has 0 aliphatic heterocycles. The van der Waals surface area contributed by atoms with Crippen LogP contribution >= 0.6 is 11.6 Å². The van der Waals surface area contributed by atoms with Gasteiger partial charge in [0, 0.05) is 17.7 Å². The average molecular weight is 319 g/mol. The van der Waals surface area contributed by atoms with E-state index >= 15 is 0 Å². The van der Waals surface area contributed by atoms with Gasteiger partial charge in [-0.25, -0.2) is 13.1 Å². The minimum atomic E-state index is -3.65. The summed E-state index contributed by atoms with van der Waals surface area (Å²) in [6.07, 6.45) is 0.500. The number of hydrogen-bond donors (Lipinski definition) is 2. The van der Waals surface area contributed by atoms with E-state index in [0.29, 0.717) is 23.6 Å². The molecule has 1 aromatic rings. The first-order chi connectivity index (χ1) is 9.35. The van der Waals surface area contributed by atoms with E-state index in [0.717, 1.165) is 0 Å². The van der Waals surface area contributed by atoms with E-state index in [4.69, 9.17) is 22.1 Å². The van der Waals surface area contributed by atoms with Crippen molar-refractivity contribution in [1.82, 2.24) is 4.72 Å². The normalized spacial score (nSPS) is 26.3. The van der Waals surface area contributed by atoms with Gasteiger partial charge >= 0.3 is 0 Å². The molecule has 0 amide bonds. The predicted octanol–water partition coefficient (Wildman–Crippen LogP) is 1.43. The molecule has 1 fully saturated rings. The van der Waals surface area contributed by atoms with Crippen molar-refractivity contribution in [2.75, 3.05) is 6.61 Å². The summed E-state index contributed by atoms with van der Waals surface area (Å²) in [5, 5.41) is 0.384. The lowest BCUT2D eigenvalue weighted by Crippen LogP contribution is -2.64. The van der Waals surface area contributed by atoms with Crippen LogP contribution in [0.1, 0.15) is 18.9 Å². The van der Waals surface area contributed by atoms with Crippen LogP contribution in [0.2, 0.25) is 5.02 Å². The fourth-order valence-electron chi connectivity index (χ4n) is 2.30. The fraction of sp³-hybridized carbons (Fsp3) is 0.538. The maximum absolute atomic E-state index is 12.4. The standard InChI is InChI=1S/C13H19ClN2O3S/c1-3-19-11-7-10(15)13(11)16-20(17,18)12-6-9(14)5-4-8(12)2/h4-6,10-11,13,16H,3,7,15H2,1-2H3. The minimum absolute atomic E-state index is 0.163. The molecule has 1 aliphatic carbocycles. The summed E-state index contributed by atoms with van der Waals surface area (Å²) in [6, 6.07) is 4.17. The average Bonchev–Trinajstić information content (AvgIpc) is 2.39. The van der Waals surface area contributed by atoms with Crippen LogP contribution in [0.15, 0.2) is 23.1 Å². The maximum Gasteiger partial charge on any atom is 0.241 e. The van der Waals surface area contributed by atoms with Crippen molar-refractivity contribution in [3.05, 3.63) is 28.8 Å². The van der Waals surface area contributed by atoms with Gasteiger partial charge in [-0.2, -0.15) is 0 Å². The molecule has 2 rings (SSSR count). The lowest BCUT2D eigenvalue weighted by Gasteiger charge is -2.42. The molecule has 1 aliphatic rings. The number of rotatable bonds is 5. The summed E-state index contributed by atoms with van der Waals surface area (Å²) < 4.78 is 32.9. The van der Waals surface area contributed by atoms with E-state index in [1.165, 1.54) is 6.07 Å². The number of nitrogens with one attached hydrogen (secondary N) is 1. The first kappa shape index (κ1) is 15.7. The second-order valence-electron chi connectivity index (χ2n) is 4.95. The zero-order chi connectivity index (χ0) is 14.9. The molecule has 1 saturated carbocycles. The van der Waals surface area contributed by atoms with Crippen LogP contribution < -0.4 is 10.5 Å². The molecule has 3 N–H and O–H groups in total. The van der Waals surface area contributed by atoms with Gasteiger partial charge in [0.25, 0.3) is 0 Å². The molecule has 0 radical (unpaired) electrons. The third-order valence-electron chi connectivity index (χ3n) is 3.48. The lowest BCUT2D eigenvalue weighted by molar-refractivity contribution is -0.0248. The molecule has 0 saturated heterocycles. The highest BCUT2D eigenvalue weighted by molar-refractivity contribution is 7.89. The van der Waals surface area contributed by atoms with E-state index in [-0.39, 0.29) is 17.0 Å². The zero-order valence-electron chi connectivity index (χ0n) is 11.5. The van der Waals surface area contributed by atoms with Gasteiger partial charge in [0.2, 0.25) is 10.0 Å². The van der Waals surface area contributed by atoms with Crippen molar-refractivity contribution < 1.29 is 13.2 Å². The summed E-state index contributed by atoms with van der Waals surface area (Å²) in [5.74, 6) is 0. The quantitative estimate of drug-likeness (QED) is 0.860. The Bertz CT molecular complexity index is 589. The molecule has 0 bridgehead atoms. The van der Waals surface area contributed by atoms with Crippen LogP contribution in [0, 0.1) is 6.92 Å². The van der Waals surface area contributed by atoms with Gasteiger partial charge < -0.3 is 10.5 Å². The van der Waals surface area contributed by atoms with Gasteiger partial charge in [-0.3, -0.25) is 0 Å². The van der Waals surface area contributed by atoms with Gasteiger partial charge in [0.15, 0.2) is 0 Å². The number of ether oxygens (including phenoxy) is 1. The van der Waals surface area contributed by atoms with E-state index in [1.54, 1.807) is 19.1 Å². The molecule has 1 aromatic carbocycles. The Morgan fingerprint density at radius 1 is 1.50 bits per heavy atom. The molecule has 7 heteroatoms. The Kier molecular flexibility index (Phi) is 4.71. The van der Waals surface area contributed by atoms with Crippen LogP contribution in [0.5, 0.6) is 0 Å². The minimum Gasteiger partial charge on any atom is -0.377 e. The Morgan fingerprint density at radius 3 is 2.80 bits per heavy atom. The van der Waals surface area contributed by atoms with Gasteiger partial charge in [-0.15, -0.1) is 0 Å². The molecule has 112 valence electrons. The highest BCUT2D eigenvalue weighted by Crippen LogP contribution is 2.26. The fourth-order valence-corrected chi connectivity index (χ4v) is 4.12. The van der Waals surface area contributed by atoms with Crippen LogP contribution in [0.4, 0.5) is 0 Å². The Hall–Kier alpha value is -0.660. The highest BCUT2D eigenvalue weighted by atomic mass is 35.5. The molecule has 0 heterocycles. The lowest BCUT2D eigenvalue weighted by atomic mass is 9.84. The summed E-state index contributed by atoms with van der Waals surface area (Å²) in [4.78, 5) is 0.180. The molecule has 3 unspecified atom stereocenters. The summed E-state index contributed by atoms with van der Waals surface area (Å²) in [7, 11) is -3.65. The van der Waals surface area contributed by atoms with Crippen molar-refractivity contribution in [2.24, 2.45) is 5.73 Å². The van der Waals surface area contributed by atoms with Crippen molar-refractivity contribution in [3.8, 4) is 0 Å². The van der Waals surface area contributed by atoms with Crippen molar-refractivity contribution in [1.29, 1.82) is 0 Å². The molecular formula is C13H19ClN2O3S. The Labute approximate surface area is 124 Å². The summed E-state index contributed by atoms with van der Waals surface area (Å²) in [6.45, 7) is 4.13. The molecular weight excluding hydrogens is 300 g/mol. The number of hydrogen-bond acceptors (Lipinski definition) is 4. The molecule has 0 aromatic heterocycles. The largest absolute Gasteiger partial charge is 0.377 e. The molecule has 0 spiro atoms. The molecule has 20 heavy (non-hydrogen) atoms. The number of sulfonamides is 1. The number of aryl methyl sites for hydroxylation is 1. The predicted molar refractivity (Wildman–Crippen MR) is 78.3 cm³/mol. The zero-order valence-corrected chi connectivity index (χ0v) is 13.0. The van der Waals surface area contributed by atoms with Gasteiger partial charge in [-0.05, 0) is 38.0 Å². The Balaban J connectivity index is 2.21. The molecule has 3 atom stereocenters. The first-order valence-corrected chi connectivity index (χ1v) is 8.37. The van der Waals surface area contributed by atoms with E-state index in [9.17, 15) is 8.42 Å². The van der Waals surface area contributed by atoms with Crippen molar-refractivity contribution in [3.63, 3.8) is 0 Å². The van der Waals surface area contributed by atoms with E-state index in [1.807, 2.05) is 6.92 Å².